The van der Waals surface area contributed by atoms with Gasteiger partial charge in [0.15, 0.2) is 5.13 Å². The number of ether oxygens (including phenoxy) is 2. The standard InChI is InChI=1S/C24H23N3O3S/c1-15-22(23(28)25-14-16-8-9-17-6-4-5-7-18(17)12-16)31-24(26-15)27-20-13-19(29-2)10-11-21(20)30-3/h4-13H,14H2,1-3H3,(H,25,28)(H,26,27). The lowest BCUT2D eigenvalue weighted by atomic mass is 10.1. The molecule has 1 amide bonds. The molecule has 0 saturated heterocycles. The van der Waals surface area contributed by atoms with Gasteiger partial charge in [-0.1, -0.05) is 47.7 Å². The summed E-state index contributed by atoms with van der Waals surface area (Å²) in [5.74, 6) is 1.22. The maximum absolute atomic E-state index is 12.8. The molecule has 31 heavy (non-hydrogen) atoms. The first-order valence-electron chi connectivity index (χ1n) is 9.79. The summed E-state index contributed by atoms with van der Waals surface area (Å²) in [4.78, 5) is 17.9. The van der Waals surface area contributed by atoms with Crippen LogP contribution in [0.2, 0.25) is 0 Å². The van der Waals surface area contributed by atoms with Gasteiger partial charge in [0.2, 0.25) is 0 Å². The van der Waals surface area contributed by atoms with Crippen molar-refractivity contribution in [2.75, 3.05) is 19.5 Å². The van der Waals surface area contributed by atoms with E-state index in [0.29, 0.717) is 33.7 Å². The van der Waals surface area contributed by atoms with Crippen LogP contribution in [-0.4, -0.2) is 25.1 Å². The highest BCUT2D eigenvalue weighted by molar-refractivity contribution is 7.17. The predicted octanol–water partition coefficient (Wildman–Crippen LogP) is 5.30. The number of fused-ring (bicyclic) bond motifs is 1. The Hall–Kier alpha value is -3.58. The van der Waals surface area contributed by atoms with Crippen LogP contribution in [0.4, 0.5) is 10.8 Å². The van der Waals surface area contributed by atoms with Crippen molar-refractivity contribution >= 4 is 38.8 Å². The second kappa shape index (κ2) is 9.06. The van der Waals surface area contributed by atoms with Crippen LogP contribution >= 0.6 is 11.3 Å². The van der Waals surface area contributed by atoms with Gasteiger partial charge in [0.25, 0.3) is 5.91 Å². The SMILES string of the molecule is COc1ccc(OC)c(Nc2nc(C)c(C(=O)NCc3ccc4ccccc4c3)s2)c1. The fourth-order valence-electron chi connectivity index (χ4n) is 3.30. The smallest absolute Gasteiger partial charge is 0.263 e. The molecule has 7 heteroatoms. The molecule has 4 rings (SSSR count). The number of carbonyl (C=O) groups is 1. The number of aromatic nitrogens is 1. The number of benzene rings is 3. The minimum absolute atomic E-state index is 0.145. The quantitative estimate of drug-likeness (QED) is 0.414. The van der Waals surface area contributed by atoms with E-state index in [-0.39, 0.29) is 5.91 Å². The molecule has 6 nitrogen and oxygen atoms in total. The van der Waals surface area contributed by atoms with E-state index in [1.54, 1.807) is 14.2 Å². The van der Waals surface area contributed by atoms with Crippen molar-refractivity contribution in [2.24, 2.45) is 0 Å². The van der Waals surface area contributed by atoms with E-state index in [4.69, 9.17) is 9.47 Å². The van der Waals surface area contributed by atoms with E-state index in [1.165, 1.54) is 16.7 Å². The third-order valence-electron chi connectivity index (χ3n) is 4.92. The summed E-state index contributed by atoms with van der Waals surface area (Å²) in [7, 11) is 3.21. The molecule has 0 atom stereocenters. The van der Waals surface area contributed by atoms with Crippen LogP contribution in [-0.2, 0) is 6.54 Å². The third-order valence-corrected chi connectivity index (χ3v) is 5.99. The Labute approximate surface area is 184 Å². The molecular formula is C24H23N3O3S. The van der Waals surface area contributed by atoms with Gasteiger partial charge in [-0.3, -0.25) is 4.79 Å². The monoisotopic (exact) mass is 433 g/mol. The van der Waals surface area contributed by atoms with E-state index in [1.807, 2.05) is 43.3 Å². The van der Waals surface area contributed by atoms with Gasteiger partial charge >= 0.3 is 0 Å². The molecule has 1 aromatic heterocycles. The number of nitrogens with one attached hydrogen (secondary N) is 2. The average Bonchev–Trinajstić information content (AvgIpc) is 3.17. The highest BCUT2D eigenvalue weighted by Gasteiger charge is 2.16. The van der Waals surface area contributed by atoms with E-state index in [9.17, 15) is 4.79 Å². The van der Waals surface area contributed by atoms with Gasteiger partial charge in [-0.15, -0.1) is 0 Å². The van der Waals surface area contributed by atoms with Crippen molar-refractivity contribution in [3.8, 4) is 11.5 Å². The molecule has 0 bridgehead atoms. The summed E-state index contributed by atoms with van der Waals surface area (Å²) in [6.45, 7) is 2.28. The first kappa shape index (κ1) is 20.7. The number of hydrogen-bond donors (Lipinski definition) is 2. The Bertz CT molecular complexity index is 1240. The van der Waals surface area contributed by atoms with E-state index < -0.39 is 0 Å². The van der Waals surface area contributed by atoms with Crippen molar-refractivity contribution in [1.82, 2.24) is 10.3 Å². The molecule has 158 valence electrons. The molecule has 4 aromatic rings. The number of carbonyl (C=O) groups excluding carboxylic acids is 1. The Morgan fingerprint density at radius 2 is 1.81 bits per heavy atom. The summed E-state index contributed by atoms with van der Waals surface area (Å²) < 4.78 is 10.7. The molecule has 2 N–H and O–H groups in total. The Balaban J connectivity index is 1.47. The molecule has 0 fully saturated rings. The highest BCUT2D eigenvalue weighted by Crippen LogP contribution is 2.33. The predicted molar refractivity (Wildman–Crippen MR) is 125 cm³/mol. The third kappa shape index (κ3) is 4.62. The summed E-state index contributed by atoms with van der Waals surface area (Å²) in [6, 6.07) is 19.8. The van der Waals surface area contributed by atoms with E-state index in [0.717, 1.165) is 16.6 Å². The summed E-state index contributed by atoms with van der Waals surface area (Å²) in [5, 5.41) is 9.17. The Morgan fingerprint density at radius 3 is 2.58 bits per heavy atom. The lowest BCUT2D eigenvalue weighted by Crippen LogP contribution is -2.22. The zero-order valence-corrected chi connectivity index (χ0v) is 18.4. The maximum Gasteiger partial charge on any atom is 0.263 e. The fourth-order valence-corrected chi connectivity index (χ4v) is 4.19. The fraction of sp³-hybridized carbons (Fsp3) is 0.167. The average molecular weight is 434 g/mol. The Morgan fingerprint density at radius 1 is 1.00 bits per heavy atom. The summed E-state index contributed by atoms with van der Waals surface area (Å²) >= 11 is 1.30. The first-order valence-corrected chi connectivity index (χ1v) is 10.6. The number of aryl methyl sites for hydroxylation is 1. The van der Waals surface area contributed by atoms with Gasteiger partial charge in [-0.25, -0.2) is 4.98 Å². The van der Waals surface area contributed by atoms with Crippen LogP contribution in [0.15, 0.2) is 60.7 Å². The normalized spacial score (nSPS) is 10.7. The molecule has 0 aliphatic heterocycles. The van der Waals surface area contributed by atoms with Crippen LogP contribution in [0, 0.1) is 6.92 Å². The van der Waals surface area contributed by atoms with Crippen molar-refractivity contribution in [1.29, 1.82) is 0 Å². The van der Waals surface area contributed by atoms with Crippen molar-refractivity contribution in [2.45, 2.75) is 13.5 Å². The molecule has 0 radical (unpaired) electrons. The number of hydrogen-bond acceptors (Lipinski definition) is 6. The van der Waals surface area contributed by atoms with Crippen molar-refractivity contribution < 1.29 is 14.3 Å². The number of rotatable bonds is 7. The van der Waals surface area contributed by atoms with Gasteiger partial charge in [0.05, 0.1) is 25.6 Å². The van der Waals surface area contributed by atoms with Gasteiger partial charge in [0, 0.05) is 12.6 Å². The zero-order chi connectivity index (χ0) is 21.8. The van der Waals surface area contributed by atoms with Crippen LogP contribution < -0.4 is 20.1 Å². The van der Waals surface area contributed by atoms with Crippen molar-refractivity contribution in [3.63, 3.8) is 0 Å². The Kier molecular flexibility index (Phi) is 6.04. The van der Waals surface area contributed by atoms with E-state index >= 15 is 0 Å². The van der Waals surface area contributed by atoms with Crippen LogP contribution in [0.25, 0.3) is 10.8 Å². The number of amides is 1. The largest absolute Gasteiger partial charge is 0.497 e. The minimum Gasteiger partial charge on any atom is -0.497 e. The number of anilines is 2. The lowest BCUT2D eigenvalue weighted by Gasteiger charge is -2.10. The molecule has 0 spiro atoms. The van der Waals surface area contributed by atoms with Gasteiger partial charge in [0.1, 0.15) is 16.4 Å². The lowest BCUT2D eigenvalue weighted by molar-refractivity contribution is 0.0954. The van der Waals surface area contributed by atoms with E-state index in [2.05, 4.69) is 39.9 Å². The molecular weight excluding hydrogens is 410 g/mol. The van der Waals surface area contributed by atoms with Crippen LogP contribution in [0.3, 0.4) is 0 Å². The zero-order valence-electron chi connectivity index (χ0n) is 17.6. The number of methoxy groups -OCH3 is 2. The summed E-state index contributed by atoms with van der Waals surface area (Å²) in [5.41, 5.74) is 2.44. The van der Waals surface area contributed by atoms with Gasteiger partial charge in [-0.05, 0) is 41.5 Å². The first-order chi connectivity index (χ1) is 15.1. The van der Waals surface area contributed by atoms with Gasteiger partial charge < -0.3 is 20.1 Å². The molecule has 3 aromatic carbocycles. The molecule has 0 unspecified atom stereocenters. The second-order valence-electron chi connectivity index (χ2n) is 6.99. The highest BCUT2D eigenvalue weighted by atomic mass is 32.1. The topological polar surface area (TPSA) is 72.5 Å². The molecule has 0 aliphatic rings. The summed E-state index contributed by atoms with van der Waals surface area (Å²) in [6.07, 6.45) is 0. The molecule has 1 heterocycles. The van der Waals surface area contributed by atoms with Crippen molar-refractivity contribution in [3.05, 3.63) is 76.8 Å². The van der Waals surface area contributed by atoms with Crippen LogP contribution in [0.1, 0.15) is 20.9 Å². The molecule has 0 aliphatic carbocycles. The molecule has 0 saturated carbocycles. The minimum atomic E-state index is -0.145. The van der Waals surface area contributed by atoms with Crippen LogP contribution in [0.5, 0.6) is 11.5 Å². The number of nitrogens with zero attached hydrogens (tertiary/aromatic N) is 1. The number of thiazole rings is 1. The second-order valence-corrected chi connectivity index (χ2v) is 7.99. The maximum atomic E-state index is 12.8. The van der Waals surface area contributed by atoms with Gasteiger partial charge in [-0.2, -0.15) is 0 Å².